The van der Waals surface area contributed by atoms with Gasteiger partial charge in [0, 0.05) is 13.5 Å². The first-order chi connectivity index (χ1) is 7.31. The molecule has 1 saturated carbocycles. The summed E-state index contributed by atoms with van der Waals surface area (Å²) in [6, 6.07) is 0. The van der Waals surface area contributed by atoms with Crippen molar-refractivity contribution in [1.82, 2.24) is 14.8 Å². The molecule has 4 heteroatoms. The summed E-state index contributed by atoms with van der Waals surface area (Å²) in [6.45, 7) is 0.480. The Bertz CT molecular complexity index is 312. The average Bonchev–Trinajstić information content (AvgIpc) is 2.62. The molecule has 1 aliphatic rings. The van der Waals surface area contributed by atoms with Gasteiger partial charge < -0.3 is 10.3 Å². The fourth-order valence-electron chi connectivity index (χ4n) is 2.40. The normalized spacial score (nSPS) is 18.3. The van der Waals surface area contributed by atoms with Gasteiger partial charge in [-0.1, -0.05) is 32.1 Å². The largest absolute Gasteiger partial charge is 0.324 e. The molecule has 0 amide bonds. The fourth-order valence-corrected chi connectivity index (χ4v) is 2.40. The van der Waals surface area contributed by atoms with Crippen LogP contribution < -0.4 is 5.73 Å². The standard InChI is InChI=1S/C11H20N4/c1-15-10(13-14-11(15)8-12)7-9-5-3-2-4-6-9/h9H,2-8,12H2,1H3. The van der Waals surface area contributed by atoms with E-state index in [0.29, 0.717) is 6.54 Å². The minimum atomic E-state index is 0.480. The summed E-state index contributed by atoms with van der Waals surface area (Å²) >= 11 is 0. The second-order valence-electron chi connectivity index (χ2n) is 4.50. The van der Waals surface area contributed by atoms with E-state index in [4.69, 9.17) is 5.73 Å². The highest BCUT2D eigenvalue weighted by Crippen LogP contribution is 2.26. The van der Waals surface area contributed by atoms with Gasteiger partial charge in [-0.3, -0.25) is 0 Å². The molecule has 2 N–H and O–H groups in total. The summed E-state index contributed by atoms with van der Waals surface area (Å²) in [7, 11) is 2.01. The van der Waals surface area contributed by atoms with Crippen LogP contribution in [0.15, 0.2) is 0 Å². The third-order valence-corrected chi connectivity index (χ3v) is 3.43. The number of nitrogens with two attached hydrogens (primary N) is 1. The minimum absolute atomic E-state index is 0.480. The lowest BCUT2D eigenvalue weighted by Crippen LogP contribution is -2.13. The quantitative estimate of drug-likeness (QED) is 0.816. The van der Waals surface area contributed by atoms with Gasteiger partial charge in [0.1, 0.15) is 11.6 Å². The van der Waals surface area contributed by atoms with Gasteiger partial charge in [0.15, 0.2) is 0 Å². The molecule has 0 aromatic carbocycles. The van der Waals surface area contributed by atoms with E-state index in [1.807, 2.05) is 7.05 Å². The Morgan fingerprint density at radius 3 is 2.47 bits per heavy atom. The first-order valence-electron chi connectivity index (χ1n) is 5.88. The second kappa shape index (κ2) is 4.75. The molecule has 0 atom stereocenters. The van der Waals surface area contributed by atoms with E-state index in [0.717, 1.165) is 24.0 Å². The molecule has 15 heavy (non-hydrogen) atoms. The highest BCUT2D eigenvalue weighted by atomic mass is 15.3. The van der Waals surface area contributed by atoms with E-state index in [9.17, 15) is 0 Å². The van der Waals surface area contributed by atoms with Crippen LogP contribution in [0.2, 0.25) is 0 Å². The van der Waals surface area contributed by atoms with Crippen molar-refractivity contribution in [3.63, 3.8) is 0 Å². The molecule has 0 saturated heterocycles. The zero-order valence-electron chi connectivity index (χ0n) is 9.45. The molecule has 1 aliphatic carbocycles. The summed E-state index contributed by atoms with van der Waals surface area (Å²) in [5.41, 5.74) is 5.57. The van der Waals surface area contributed by atoms with Crippen LogP contribution in [0.25, 0.3) is 0 Å². The predicted molar refractivity (Wildman–Crippen MR) is 59.2 cm³/mol. The molecule has 1 aromatic rings. The first-order valence-corrected chi connectivity index (χ1v) is 5.88. The SMILES string of the molecule is Cn1c(CN)nnc1CC1CCCCC1. The van der Waals surface area contributed by atoms with Crippen molar-refractivity contribution in [2.45, 2.75) is 45.1 Å². The summed E-state index contributed by atoms with van der Waals surface area (Å²) in [5.74, 6) is 2.80. The monoisotopic (exact) mass is 208 g/mol. The van der Waals surface area contributed by atoms with Gasteiger partial charge in [-0.2, -0.15) is 0 Å². The van der Waals surface area contributed by atoms with Crippen molar-refractivity contribution >= 4 is 0 Å². The summed E-state index contributed by atoms with van der Waals surface area (Å²) in [4.78, 5) is 0. The van der Waals surface area contributed by atoms with E-state index in [1.165, 1.54) is 32.1 Å². The lowest BCUT2D eigenvalue weighted by Gasteiger charge is -2.20. The van der Waals surface area contributed by atoms with E-state index in [2.05, 4.69) is 14.8 Å². The Morgan fingerprint density at radius 2 is 1.87 bits per heavy atom. The molecule has 1 heterocycles. The van der Waals surface area contributed by atoms with Crippen LogP contribution in [-0.4, -0.2) is 14.8 Å². The molecule has 0 unspecified atom stereocenters. The Morgan fingerprint density at radius 1 is 1.20 bits per heavy atom. The topological polar surface area (TPSA) is 56.7 Å². The van der Waals surface area contributed by atoms with Gasteiger partial charge >= 0.3 is 0 Å². The van der Waals surface area contributed by atoms with Crippen LogP contribution in [-0.2, 0) is 20.0 Å². The van der Waals surface area contributed by atoms with Crippen LogP contribution in [0.5, 0.6) is 0 Å². The van der Waals surface area contributed by atoms with Crippen molar-refractivity contribution in [1.29, 1.82) is 0 Å². The highest BCUT2D eigenvalue weighted by Gasteiger charge is 2.17. The maximum atomic E-state index is 5.57. The third kappa shape index (κ3) is 2.37. The van der Waals surface area contributed by atoms with Crippen LogP contribution in [0.1, 0.15) is 43.8 Å². The number of hydrogen-bond donors (Lipinski definition) is 1. The Labute approximate surface area is 90.9 Å². The van der Waals surface area contributed by atoms with E-state index in [1.54, 1.807) is 0 Å². The lowest BCUT2D eigenvalue weighted by atomic mass is 9.87. The Hall–Kier alpha value is -0.900. The molecular formula is C11H20N4. The van der Waals surface area contributed by atoms with Gasteiger partial charge in [0.25, 0.3) is 0 Å². The zero-order chi connectivity index (χ0) is 10.7. The predicted octanol–water partition coefficient (Wildman–Crippen LogP) is 1.40. The van der Waals surface area contributed by atoms with Crippen LogP contribution >= 0.6 is 0 Å². The molecule has 0 aliphatic heterocycles. The number of rotatable bonds is 3. The molecule has 4 nitrogen and oxygen atoms in total. The van der Waals surface area contributed by atoms with E-state index in [-0.39, 0.29) is 0 Å². The molecule has 1 aromatic heterocycles. The zero-order valence-corrected chi connectivity index (χ0v) is 9.45. The first kappa shape index (κ1) is 10.6. The lowest BCUT2D eigenvalue weighted by molar-refractivity contribution is 0.348. The second-order valence-corrected chi connectivity index (χ2v) is 4.50. The summed E-state index contributed by atoms with van der Waals surface area (Å²) < 4.78 is 2.05. The molecule has 84 valence electrons. The summed E-state index contributed by atoms with van der Waals surface area (Å²) in [6.07, 6.45) is 7.95. The molecule has 1 fully saturated rings. The molecule has 2 rings (SSSR count). The van der Waals surface area contributed by atoms with E-state index < -0.39 is 0 Å². The molecule has 0 radical (unpaired) electrons. The number of nitrogens with zero attached hydrogens (tertiary/aromatic N) is 3. The van der Waals surface area contributed by atoms with Crippen molar-refractivity contribution in [3.8, 4) is 0 Å². The number of hydrogen-bond acceptors (Lipinski definition) is 3. The van der Waals surface area contributed by atoms with Gasteiger partial charge in [-0.05, 0) is 5.92 Å². The smallest absolute Gasteiger partial charge is 0.146 e. The fraction of sp³-hybridized carbons (Fsp3) is 0.818. The van der Waals surface area contributed by atoms with Gasteiger partial charge in [0.05, 0.1) is 6.54 Å². The highest BCUT2D eigenvalue weighted by molar-refractivity contribution is 4.96. The minimum Gasteiger partial charge on any atom is -0.324 e. The maximum Gasteiger partial charge on any atom is 0.146 e. The van der Waals surface area contributed by atoms with Crippen LogP contribution in [0, 0.1) is 5.92 Å². The van der Waals surface area contributed by atoms with Gasteiger partial charge in [-0.25, -0.2) is 0 Å². The van der Waals surface area contributed by atoms with E-state index >= 15 is 0 Å². The van der Waals surface area contributed by atoms with Crippen LogP contribution in [0.3, 0.4) is 0 Å². The Kier molecular flexibility index (Phi) is 3.36. The van der Waals surface area contributed by atoms with Crippen molar-refractivity contribution in [2.75, 3.05) is 0 Å². The molecular weight excluding hydrogens is 188 g/mol. The summed E-state index contributed by atoms with van der Waals surface area (Å²) in [5, 5.41) is 8.30. The van der Waals surface area contributed by atoms with Crippen molar-refractivity contribution in [2.24, 2.45) is 18.7 Å². The Balaban J connectivity index is 2.00. The molecule has 0 spiro atoms. The van der Waals surface area contributed by atoms with Crippen molar-refractivity contribution < 1.29 is 0 Å². The van der Waals surface area contributed by atoms with Gasteiger partial charge in [0.2, 0.25) is 0 Å². The van der Waals surface area contributed by atoms with Crippen LogP contribution in [0.4, 0.5) is 0 Å². The van der Waals surface area contributed by atoms with Gasteiger partial charge in [-0.15, -0.1) is 10.2 Å². The van der Waals surface area contributed by atoms with Crippen molar-refractivity contribution in [3.05, 3.63) is 11.6 Å². The average molecular weight is 208 g/mol. The maximum absolute atomic E-state index is 5.57. The number of aromatic nitrogens is 3. The molecule has 0 bridgehead atoms. The third-order valence-electron chi connectivity index (χ3n) is 3.43.